The summed E-state index contributed by atoms with van der Waals surface area (Å²) in [4.78, 5) is 29.3. The summed E-state index contributed by atoms with van der Waals surface area (Å²) in [5.74, 6) is -0.248. The molecule has 1 heterocycles. The van der Waals surface area contributed by atoms with Crippen LogP contribution in [0.2, 0.25) is 0 Å². The Balaban J connectivity index is 1.85. The van der Waals surface area contributed by atoms with Gasteiger partial charge in [-0.25, -0.2) is 0 Å². The van der Waals surface area contributed by atoms with E-state index in [0.717, 1.165) is 22.5 Å². The number of nitrogens with zero attached hydrogens (tertiary/aromatic N) is 2. The molecular formula is C22H26N2O2. The van der Waals surface area contributed by atoms with Crippen LogP contribution in [0.4, 0.5) is 11.4 Å². The van der Waals surface area contributed by atoms with Crippen molar-refractivity contribution in [2.24, 2.45) is 5.92 Å². The summed E-state index contributed by atoms with van der Waals surface area (Å²) < 4.78 is 0. The van der Waals surface area contributed by atoms with Crippen LogP contribution in [0.15, 0.2) is 42.5 Å². The fraction of sp³-hybridized carbons (Fsp3) is 0.364. The zero-order valence-corrected chi connectivity index (χ0v) is 16.0. The van der Waals surface area contributed by atoms with E-state index in [2.05, 4.69) is 19.1 Å². The monoisotopic (exact) mass is 350 g/mol. The molecule has 1 atom stereocenters. The Morgan fingerprint density at radius 2 is 1.73 bits per heavy atom. The molecule has 26 heavy (non-hydrogen) atoms. The van der Waals surface area contributed by atoms with E-state index >= 15 is 0 Å². The zero-order valence-electron chi connectivity index (χ0n) is 16.0. The van der Waals surface area contributed by atoms with Crippen molar-refractivity contribution >= 4 is 23.2 Å². The molecule has 0 spiro atoms. The van der Waals surface area contributed by atoms with E-state index in [1.54, 1.807) is 9.80 Å². The largest absolute Gasteiger partial charge is 0.312 e. The van der Waals surface area contributed by atoms with Crippen molar-refractivity contribution in [1.82, 2.24) is 0 Å². The van der Waals surface area contributed by atoms with Crippen molar-refractivity contribution in [3.05, 3.63) is 59.2 Å². The molecule has 0 aliphatic carbocycles. The Hall–Kier alpha value is -2.62. The molecule has 1 aliphatic rings. The van der Waals surface area contributed by atoms with Gasteiger partial charge in [-0.1, -0.05) is 35.9 Å². The molecular weight excluding hydrogens is 324 g/mol. The summed E-state index contributed by atoms with van der Waals surface area (Å²) in [5, 5.41) is 0. The molecule has 0 aromatic heterocycles. The fourth-order valence-corrected chi connectivity index (χ4v) is 3.98. The van der Waals surface area contributed by atoms with Gasteiger partial charge in [0, 0.05) is 30.9 Å². The van der Waals surface area contributed by atoms with Crippen LogP contribution >= 0.6 is 0 Å². The van der Waals surface area contributed by atoms with Gasteiger partial charge >= 0.3 is 0 Å². The molecule has 2 amide bonds. The third kappa shape index (κ3) is 3.36. The van der Waals surface area contributed by atoms with Crippen molar-refractivity contribution in [1.29, 1.82) is 0 Å². The van der Waals surface area contributed by atoms with Crippen LogP contribution in [-0.4, -0.2) is 24.9 Å². The summed E-state index contributed by atoms with van der Waals surface area (Å²) in [7, 11) is 0. The molecule has 136 valence electrons. The summed E-state index contributed by atoms with van der Waals surface area (Å²) >= 11 is 0. The first kappa shape index (κ1) is 18.2. The predicted molar refractivity (Wildman–Crippen MR) is 106 cm³/mol. The van der Waals surface area contributed by atoms with Crippen LogP contribution in [0, 0.1) is 26.7 Å². The summed E-state index contributed by atoms with van der Waals surface area (Å²) in [6, 6.07) is 13.8. The average molecular weight is 350 g/mol. The molecule has 3 rings (SSSR count). The maximum absolute atomic E-state index is 13.1. The number of rotatable bonds is 4. The number of anilines is 2. The number of hydrogen-bond donors (Lipinski definition) is 0. The van der Waals surface area contributed by atoms with Gasteiger partial charge in [0.05, 0.1) is 5.92 Å². The molecule has 4 heteroatoms. The fourth-order valence-electron chi connectivity index (χ4n) is 3.98. The zero-order chi connectivity index (χ0) is 18.8. The van der Waals surface area contributed by atoms with Crippen molar-refractivity contribution < 1.29 is 9.59 Å². The Kier molecular flexibility index (Phi) is 5.12. The third-order valence-corrected chi connectivity index (χ3v) is 5.03. The number of hydrogen-bond acceptors (Lipinski definition) is 2. The van der Waals surface area contributed by atoms with E-state index in [1.165, 1.54) is 5.56 Å². The van der Waals surface area contributed by atoms with E-state index < -0.39 is 0 Å². The molecule has 0 bridgehead atoms. The lowest BCUT2D eigenvalue weighted by molar-refractivity contribution is -0.124. The van der Waals surface area contributed by atoms with Crippen LogP contribution in [0.25, 0.3) is 0 Å². The summed E-state index contributed by atoms with van der Waals surface area (Å²) in [5.41, 5.74) is 5.19. The molecule has 0 N–H and O–H groups in total. The molecule has 2 aromatic rings. The van der Waals surface area contributed by atoms with Gasteiger partial charge in [-0.2, -0.15) is 0 Å². The lowest BCUT2D eigenvalue weighted by Gasteiger charge is -2.25. The lowest BCUT2D eigenvalue weighted by Crippen LogP contribution is -2.37. The van der Waals surface area contributed by atoms with Crippen molar-refractivity contribution in [3.63, 3.8) is 0 Å². The standard InChI is InChI=1S/C22H26N2O2/c1-5-23(19-9-7-6-8-10-19)22(26)18-13-20(25)24(14-18)21-16(3)11-15(2)12-17(21)4/h6-12,18H,5,13-14H2,1-4H3. The Bertz CT molecular complexity index is 806. The van der Waals surface area contributed by atoms with Crippen molar-refractivity contribution in [2.75, 3.05) is 22.9 Å². The number of aryl methyl sites for hydroxylation is 3. The highest BCUT2D eigenvalue weighted by atomic mass is 16.2. The maximum Gasteiger partial charge on any atom is 0.232 e. The Morgan fingerprint density at radius 3 is 2.31 bits per heavy atom. The van der Waals surface area contributed by atoms with E-state index in [4.69, 9.17) is 0 Å². The topological polar surface area (TPSA) is 40.6 Å². The Morgan fingerprint density at radius 1 is 1.12 bits per heavy atom. The lowest BCUT2D eigenvalue weighted by atomic mass is 10.0. The van der Waals surface area contributed by atoms with Gasteiger partial charge < -0.3 is 9.80 Å². The third-order valence-electron chi connectivity index (χ3n) is 5.03. The second kappa shape index (κ2) is 7.32. The SMILES string of the molecule is CCN(C(=O)C1CC(=O)N(c2c(C)cc(C)cc2C)C1)c1ccccc1. The number of para-hydroxylation sites is 1. The van der Waals surface area contributed by atoms with Gasteiger partial charge in [-0.15, -0.1) is 0 Å². The minimum absolute atomic E-state index is 0.0250. The number of amides is 2. The van der Waals surface area contributed by atoms with Crippen LogP contribution in [0.3, 0.4) is 0 Å². The average Bonchev–Trinajstić information content (AvgIpc) is 2.97. The first-order chi connectivity index (χ1) is 12.4. The quantitative estimate of drug-likeness (QED) is 0.836. The number of benzene rings is 2. The van der Waals surface area contributed by atoms with Crippen LogP contribution in [-0.2, 0) is 9.59 Å². The van der Waals surface area contributed by atoms with Gasteiger partial charge in [0.25, 0.3) is 0 Å². The van der Waals surface area contributed by atoms with Gasteiger partial charge in [0.1, 0.15) is 0 Å². The van der Waals surface area contributed by atoms with Crippen LogP contribution in [0.5, 0.6) is 0 Å². The highest BCUT2D eigenvalue weighted by Gasteiger charge is 2.38. The molecule has 1 aliphatic heterocycles. The molecule has 1 saturated heterocycles. The van der Waals surface area contributed by atoms with E-state index in [-0.39, 0.29) is 24.2 Å². The van der Waals surface area contributed by atoms with E-state index in [1.807, 2.05) is 51.1 Å². The number of carbonyl (C=O) groups is 2. The van der Waals surface area contributed by atoms with Gasteiger partial charge in [-0.05, 0) is 51.0 Å². The highest BCUT2D eigenvalue weighted by Crippen LogP contribution is 2.33. The second-order valence-corrected chi connectivity index (χ2v) is 7.07. The molecule has 0 radical (unpaired) electrons. The van der Waals surface area contributed by atoms with E-state index in [9.17, 15) is 9.59 Å². The van der Waals surface area contributed by atoms with Gasteiger partial charge in [0.15, 0.2) is 0 Å². The maximum atomic E-state index is 13.1. The minimum atomic E-state index is -0.303. The molecule has 1 fully saturated rings. The molecule has 4 nitrogen and oxygen atoms in total. The normalized spacial score (nSPS) is 16.8. The van der Waals surface area contributed by atoms with Crippen LogP contribution in [0.1, 0.15) is 30.0 Å². The predicted octanol–water partition coefficient (Wildman–Crippen LogP) is 4.02. The summed E-state index contributed by atoms with van der Waals surface area (Å²) in [6.45, 7) is 9.12. The highest BCUT2D eigenvalue weighted by molar-refractivity contribution is 6.05. The van der Waals surface area contributed by atoms with Crippen molar-refractivity contribution in [2.45, 2.75) is 34.1 Å². The Labute approximate surface area is 155 Å². The minimum Gasteiger partial charge on any atom is -0.312 e. The van der Waals surface area contributed by atoms with Gasteiger partial charge in [-0.3, -0.25) is 9.59 Å². The molecule has 1 unspecified atom stereocenters. The first-order valence-corrected chi connectivity index (χ1v) is 9.17. The molecule has 0 saturated carbocycles. The second-order valence-electron chi connectivity index (χ2n) is 7.07. The van der Waals surface area contributed by atoms with Crippen molar-refractivity contribution in [3.8, 4) is 0 Å². The molecule has 2 aromatic carbocycles. The van der Waals surface area contributed by atoms with Gasteiger partial charge in [0.2, 0.25) is 11.8 Å². The van der Waals surface area contributed by atoms with Crippen LogP contribution < -0.4 is 9.80 Å². The smallest absolute Gasteiger partial charge is 0.232 e. The first-order valence-electron chi connectivity index (χ1n) is 9.17. The number of carbonyl (C=O) groups excluding carboxylic acids is 2. The van der Waals surface area contributed by atoms with E-state index in [0.29, 0.717) is 13.1 Å². The summed E-state index contributed by atoms with van der Waals surface area (Å²) in [6.07, 6.45) is 0.273.